The highest BCUT2D eigenvalue weighted by Gasteiger charge is 2.30. The maximum Gasteiger partial charge on any atom is 0.317 e. The van der Waals surface area contributed by atoms with E-state index in [9.17, 15) is 9.59 Å². The van der Waals surface area contributed by atoms with E-state index >= 15 is 0 Å². The van der Waals surface area contributed by atoms with Crippen LogP contribution in [0.4, 0.5) is 4.79 Å². The van der Waals surface area contributed by atoms with E-state index in [1.54, 1.807) is 4.90 Å². The number of carboxylic acid groups (broad SMARTS) is 1. The molecule has 0 radical (unpaired) electrons. The lowest BCUT2D eigenvalue weighted by atomic mass is 9.80. The minimum atomic E-state index is -0.789. The number of carbonyl (C=O) groups is 2. The van der Waals surface area contributed by atoms with Gasteiger partial charge in [-0.25, -0.2) is 4.79 Å². The molecule has 2 N–H and O–H groups in total. The average Bonchev–Trinajstić information content (AvgIpc) is 2.37. The SMILES string of the molecule is CC1CC(C)CC(NC(=O)N2CCCC(C(=O)O)C2)C1. The first-order valence-electron chi connectivity index (χ1n) is 7.74. The largest absolute Gasteiger partial charge is 0.481 e. The quantitative estimate of drug-likeness (QED) is 0.816. The number of carbonyl (C=O) groups excluding carboxylic acids is 1. The molecule has 2 aliphatic rings. The molecule has 3 atom stereocenters. The number of nitrogens with zero attached hydrogens (tertiary/aromatic N) is 1. The van der Waals surface area contributed by atoms with Gasteiger partial charge in [-0.3, -0.25) is 4.79 Å². The summed E-state index contributed by atoms with van der Waals surface area (Å²) < 4.78 is 0. The molecule has 1 aliphatic carbocycles. The highest BCUT2D eigenvalue weighted by atomic mass is 16.4. The van der Waals surface area contributed by atoms with Crippen molar-refractivity contribution in [3.8, 4) is 0 Å². The van der Waals surface area contributed by atoms with E-state index in [1.165, 1.54) is 6.42 Å². The maximum absolute atomic E-state index is 12.3. The van der Waals surface area contributed by atoms with Crippen molar-refractivity contribution in [1.29, 1.82) is 0 Å². The van der Waals surface area contributed by atoms with Crippen LogP contribution in [0.1, 0.15) is 46.0 Å². The van der Waals surface area contributed by atoms with Crippen LogP contribution < -0.4 is 5.32 Å². The smallest absolute Gasteiger partial charge is 0.317 e. The Balaban J connectivity index is 1.86. The number of hydrogen-bond donors (Lipinski definition) is 2. The number of amides is 2. The van der Waals surface area contributed by atoms with Gasteiger partial charge in [-0.15, -0.1) is 0 Å². The van der Waals surface area contributed by atoms with Crippen LogP contribution in [0.2, 0.25) is 0 Å². The summed E-state index contributed by atoms with van der Waals surface area (Å²) in [7, 11) is 0. The third-order valence-electron chi connectivity index (χ3n) is 4.56. The molecule has 0 aromatic carbocycles. The molecule has 2 fully saturated rings. The molecular weight excluding hydrogens is 256 g/mol. The number of likely N-dealkylation sites (tertiary alicyclic amines) is 1. The molecule has 2 rings (SSSR count). The molecule has 1 aliphatic heterocycles. The lowest BCUT2D eigenvalue weighted by Crippen LogP contribution is -2.51. The fourth-order valence-corrected chi connectivity index (χ4v) is 3.69. The Morgan fingerprint density at radius 3 is 2.40 bits per heavy atom. The molecule has 0 aromatic rings. The van der Waals surface area contributed by atoms with Crippen LogP contribution in [0.3, 0.4) is 0 Å². The van der Waals surface area contributed by atoms with Crippen molar-refractivity contribution >= 4 is 12.0 Å². The van der Waals surface area contributed by atoms with Gasteiger partial charge in [-0.1, -0.05) is 13.8 Å². The highest BCUT2D eigenvalue weighted by Crippen LogP contribution is 2.28. The van der Waals surface area contributed by atoms with E-state index < -0.39 is 11.9 Å². The number of rotatable bonds is 2. The standard InChI is InChI=1S/C15H26N2O3/c1-10-6-11(2)8-13(7-10)16-15(20)17-5-3-4-12(9-17)14(18)19/h10-13H,3-9H2,1-2H3,(H,16,20)(H,18,19). The number of carboxylic acids is 1. The number of piperidine rings is 1. The Hall–Kier alpha value is -1.26. The van der Waals surface area contributed by atoms with Gasteiger partial charge in [-0.05, 0) is 43.9 Å². The fraction of sp³-hybridized carbons (Fsp3) is 0.867. The first-order chi connectivity index (χ1) is 9.45. The molecular formula is C15H26N2O3. The maximum atomic E-state index is 12.3. The van der Waals surface area contributed by atoms with Gasteiger partial charge in [0.25, 0.3) is 0 Å². The summed E-state index contributed by atoms with van der Waals surface area (Å²) in [4.78, 5) is 25.0. The summed E-state index contributed by atoms with van der Waals surface area (Å²) in [5.41, 5.74) is 0. The topological polar surface area (TPSA) is 69.6 Å². The van der Waals surface area contributed by atoms with E-state index in [0.29, 0.717) is 31.3 Å². The zero-order valence-electron chi connectivity index (χ0n) is 12.5. The third kappa shape index (κ3) is 3.87. The zero-order chi connectivity index (χ0) is 14.7. The van der Waals surface area contributed by atoms with Gasteiger partial charge in [0.1, 0.15) is 0 Å². The van der Waals surface area contributed by atoms with Gasteiger partial charge in [0.2, 0.25) is 0 Å². The van der Waals surface area contributed by atoms with Crippen molar-refractivity contribution in [2.75, 3.05) is 13.1 Å². The number of urea groups is 1. The van der Waals surface area contributed by atoms with Crippen LogP contribution in [-0.2, 0) is 4.79 Å². The number of nitrogens with one attached hydrogen (secondary N) is 1. The molecule has 0 spiro atoms. The lowest BCUT2D eigenvalue weighted by molar-refractivity contribution is -0.143. The van der Waals surface area contributed by atoms with E-state index in [1.807, 2.05) is 0 Å². The Bertz CT molecular complexity index is 362. The Labute approximate surface area is 120 Å². The van der Waals surface area contributed by atoms with Crippen LogP contribution in [-0.4, -0.2) is 41.1 Å². The van der Waals surface area contributed by atoms with Gasteiger partial charge >= 0.3 is 12.0 Å². The average molecular weight is 282 g/mol. The monoisotopic (exact) mass is 282 g/mol. The van der Waals surface area contributed by atoms with Crippen LogP contribution in [0, 0.1) is 17.8 Å². The summed E-state index contributed by atoms with van der Waals surface area (Å²) in [6.45, 7) is 5.48. The first kappa shape index (κ1) is 15.1. The molecule has 1 saturated heterocycles. The molecule has 5 nitrogen and oxygen atoms in total. The van der Waals surface area contributed by atoms with E-state index in [2.05, 4.69) is 19.2 Å². The second-order valence-electron chi connectivity index (χ2n) is 6.69. The molecule has 1 saturated carbocycles. The van der Waals surface area contributed by atoms with Crippen LogP contribution >= 0.6 is 0 Å². The lowest BCUT2D eigenvalue weighted by Gasteiger charge is -2.35. The van der Waals surface area contributed by atoms with Crippen LogP contribution in [0.25, 0.3) is 0 Å². The molecule has 0 aromatic heterocycles. The number of aliphatic carboxylic acids is 1. The van der Waals surface area contributed by atoms with Gasteiger partial charge < -0.3 is 15.3 Å². The molecule has 114 valence electrons. The Morgan fingerprint density at radius 1 is 1.15 bits per heavy atom. The van der Waals surface area contributed by atoms with Gasteiger partial charge in [0.05, 0.1) is 5.92 Å². The fourth-order valence-electron chi connectivity index (χ4n) is 3.69. The molecule has 2 amide bonds. The first-order valence-corrected chi connectivity index (χ1v) is 7.74. The van der Waals surface area contributed by atoms with Crippen molar-refractivity contribution in [3.05, 3.63) is 0 Å². The van der Waals surface area contributed by atoms with E-state index in [0.717, 1.165) is 19.3 Å². The summed E-state index contributed by atoms with van der Waals surface area (Å²) in [5.74, 6) is 0.107. The normalized spacial score (nSPS) is 34.6. The Morgan fingerprint density at radius 2 is 1.80 bits per heavy atom. The third-order valence-corrected chi connectivity index (χ3v) is 4.56. The Kier molecular flexibility index (Phi) is 4.89. The minimum absolute atomic E-state index is 0.0812. The summed E-state index contributed by atoms with van der Waals surface area (Å²) in [6, 6.07) is 0.161. The van der Waals surface area contributed by atoms with Crippen molar-refractivity contribution < 1.29 is 14.7 Å². The van der Waals surface area contributed by atoms with Crippen molar-refractivity contribution in [2.45, 2.75) is 52.0 Å². The van der Waals surface area contributed by atoms with E-state index in [4.69, 9.17) is 5.11 Å². The van der Waals surface area contributed by atoms with Gasteiger partial charge in [0.15, 0.2) is 0 Å². The second kappa shape index (κ2) is 6.46. The molecule has 20 heavy (non-hydrogen) atoms. The van der Waals surface area contributed by atoms with E-state index in [-0.39, 0.29) is 12.1 Å². The second-order valence-corrected chi connectivity index (χ2v) is 6.69. The zero-order valence-corrected chi connectivity index (χ0v) is 12.5. The van der Waals surface area contributed by atoms with Crippen molar-refractivity contribution in [3.63, 3.8) is 0 Å². The number of hydrogen-bond acceptors (Lipinski definition) is 2. The van der Waals surface area contributed by atoms with Gasteiger partial charge in [0, 0.05) is 19.1 Å². The predicted molar refractivity (Wildman–Crippen MR) is 76.4 cm³/mol. The summed E-state index contributed by atoms with van der Waals surface area (Å²) >= 11 is 0. The highest BCUT2D eigenvalue weighted by molar-refractivity contribution is 5.76. The molecule has 1 heterocycles. The van der Waals surface area contributed by atoms with Crippen molar-refractivity contribution in [2.24, 2.45) is 17.8 Å². The summed E-state index contributed by atoms with van der Waals surface area (Å²) in [5, 5.41) is 12.2. The summed E-state index contributed by atoms with van der Waals surface area (Å²) in [6.07, 6.45) is 4.76. The van der Waals surface area contributed by atoms with Crippen molar-refractivity contribution in [1.82, 2.24) is 10.2 Å². The predicted octanol–water partition coefficient (Wildman–Crippen LogP) is 2.32. The molecule has 0 bridgehead atoms. The minimum Gasteiger partial charge on any atom is -0.481 e. The van der Waals surface area contributed by atoms with Crippen LogP contribution in [0.5, 0.6) is 0 Å². The molecule has 3 unspecified atom stereocenters. The van der Waals surface area contributed by atoms with Gasteiger partial charge in [-0.2, -0.15) is 0 Å². The van der Waals surface area contributed by atoms with Crippen LogP contribution in [0.15, 0.2) is 0 Å². The molecule has 5 heteroatoms.